The van der Waals surface area contributed by atoms with Gasteiger partial charge in [-0.3, -0.25) is 14.4 Å². The lowest BCUT2D eigenvalue weighted by Gasteiger charge is -2.46. The van der Waals surface area contributed by atoms with Gasteiger partial charge in [0.25, 0.3) is 0 Å². The van der Waals surface area contributed by atoms with Gasteiger partial charge in [-0.25, -0.2) is 0 Å². The fraction of sp³-hybridized carbons (Fsp3) is 0.788. The van der Waals surface area contributed by atoms with E-state index in [-0.39, 0.29) is 41.0 Å². The van der Waals surface area contributed by atoms with Crippen molar-refractivity contribution in [2.24, 2.45) is 23.2 Å². The number of fused-ring (bicyclic) bond motifs is 1. The summed E-state index contributed by atoms with van der Waals surface area (Å²) >= 11 is 1.70. The van der Waals surface area contributed by atoms with Crippen LogP contribution in [-0.2, 0) is 19.1 Å². The van der Waals surface area contributed by atoms with Gasteiger partial charge in [-0.15, -0.1) is 24.9 Å². The summed E-state index contributed by atoms with van der Waals surface area (Å²) in [6.45, 7) is 22.0. The number of likely N-dealkylation sites (tertiary alicyclic amines) is 1. The molecule has 7 nitrogen and oxygen atoms in total. The third-order valence-electron chi connectivity index (χ3n) is 9.13. The van der Waals surface area contributed by atoms with E-state index < -0.39 is 28.2 Å². The lowest BCUT2D eigenvalue weighted by Crippen LogP contribution is -2.61. The van der Waals surface area contributed by atoms with Gasteiger partial charge in [0, 0.05) is 30.5 Å². The molecular formula is C33H54N2O5S. The Balaban J connectivity index is 2.01. The maximum Gasteiger partial charge on any atom is 0.310 e. The molecule has 2 bridgehead atoms. The summed E-state index contributed by atoms with van der Waals surface area (Å²) in [5.74, 6) is -1.39. The van der Waals surface area contributed by atoms with E-state index in [2.05, 4.69) is 54.7 Å². The zero-order chi connectivity index (χ0) is 30.6. The van der Waals surface area contributed by atoms with Gasteiger partial charge in [-0.05, 0) is 63.7 Å². The molecule has 3 aliphatic rings. The molecule has 0 aliphatic carbocycles. The highest BCUT2D eigenvalue weighted by atomic mass is 32.2. The number of allylic oxidation sites excluding steroid dienone is 1. The molecule has 2 amide bonds. The van der Waals surface area contributed by atoms with Crippen LogP contribution in [0.3, 0.4) is 0 Å². The van der Waals surface area contributed by atoms with Crippen LogP contribution in [0.1, 0.15) is 92.9 Å². The normalized spacial score (nSPS) is 29.0. The third-order valence-corrected chi connectivity index (χ3v) is 11.2. The van der Waals surface area contributed by atoms with Crippen LogP contribution in [-0.4, -0.2) is 80.6 Å². The van der Waals surface area contributed by atoms with Crippen molar-refractivity contribution in [1.29, 1.82) is 0 Å². The Morgan fingerprint density at radius 1 is 1.12 bits per heavy atom. The minimum absolute atomic E-state index is 0.00375. The highest BCUT2D eigenvalue weighted by Crippen LogP contribution is 2.69. The first kappa shape index (κ1) is 33.7. The van der Waals surface area contributed by atoms with E-state index in [0.717, 1.165) is 44.9 Å². The summed E-state index contributed by atoms with van der Waals surface area (Å²) in [6.07, 6.45) is 9.88. The Kier molecular flexibility index (Phi) is 11.2. The summed E-state index contributed by atoms with van der Waals surface area (Å²) in [5, 5.41) is 9.18. The fourth-order valence-corrected chi connectivity index (χ4v) is 10.3. The molecule has 3 fully saturated rings. The maximum absolute atomic E-state index is 14.9. The Labute approximate surface area is 252 Å². The summed E-state index contributed by atoms with van der Waals surface area (Å²) in [4.78, 5) is 46.5. The quantitative estimate of drug-likeness (QED) is 0.143. The van der Waals surface area contributed by atoms with Crippen molar-refractivity contribution in [2.45, 2.75) is 114 Å². The number of aliphatic hydroxyl groups is 1. The van der Waals surface area contributed by atoms with Crippen molar-refractivity contribution in [2.75, 3.05) is 26.3 Å². The average molecular weight is 591 g/mol. The number of carbonyl (C=O) groups excluding carboxylic acids is 3. The predicted octanol–water partition coefficient (Wildman–Crippen LogP) is 5.62. The highest BCUT2D eigenvalue weighted by Gasteiger charge is 2.76. The number of unbranched alkanes of at least 4 members (excludes halogenated alkanes) is 4. The lowest BCUT2D eigenvalue weighted by molar-refractivity contribution is -0.154. The maximum atomic E-state index is 14.9. The molecule has 0 saturated carbocycles. The Morgan fingerprint density at radius 2 is 1.80 bits per heavy atom. The van der Waals surface area contributed by atoms with Gasteiger partial charge in [-0.1, -0.05) is 52.7 Å². The van der Waals surface area contributed by atoms with E-state index in [1.807, 2.05) is 15.9 Å². The molecule has 0 aromatic heterocycles. The summed E-state index contributed by atoms with van der Waals surface area (Å²) in [5.41, 5.74) is -0.460. The molecule has 0 aromatic carbocycles. The molecule has 1 N–H and O–H groups in total. The second-order valence-corrected chi connectivity index (χ2v) is 15.7. The van der Waals surface area contributed by atoms with E-state index in [0.29, 0.717) is 26.1 Å². The first-order chi connectivity index (χ1) is 19.3. The first-order valence-corrected chi connectivity index (χ1v) is 16.4. The summed E-state index contributed by atoms with van der Waals surface area (Å²) in [7, 11) is 0. The van der Waals surface area contributed by atoms with Crippen LogP contribution in [0.15, 0.2) is 25.3 Å². The Morgan fingerprint density at radius 3 is 2.41 bits per heavy atom. The van der Waals surface area contributed by atoms with Crippen LogP contribution in [0.4, 0.5) is 0 Å². The van der Waals surface area contributed by atoms with E-state index >= 15 is 0 Å². The molecular weight excluding hydrogens is 536 g/mol. The first-order valence-electron chi connectivity index (χ1n) is 15.6. The highest BCUT2D eigenvalue weighted by molar-refractivity contribution is 8.02. The summed E-state index contributed by atoms with van der Waals surface area (Å²) < 4.78 is 5.06. The molecule has 3 aliphatic heterocycles. The number of ether oxygens (including phenoxy) is 1. The monoisotopic (exact) mass is 590 g/mol. The Bertz CT molecular complexity index is 975. The SMILES string of the molecule is C=CCCCOC(=O)[C@@H]1[C@@H]2CC(C)C3(S2)C(C(=O)N(CC=C)C(C)(C)CC(C)(C)C)N(CCCCCCO)C(=O)[C@H]13. The lowest BCUT2D eigenvalue weighted by atomic mass is 9.66. The number of hydrogen-bond acceptors (Lipinski definition) is 6. The molecule has 8 heteroatoms. The number of esters is 1. The minimum Gasteiger partial charge on any atom is -0.465 e. The van der Waals surface area contributed by atoms with Crippen LogP contribution in [0.25, 0.3) is 0 Å². The van der Waals surface area contributed by atoms with Crippen LogP contribution >= 0.6 is 11.8 Å². The molecule has 6 atom stereocenters. The van der Waals surface area contributed by atoms with Crippen molar-refractivity contribution >= 4 is 29.5 Å². The van der Waals surface area contributed by atoms with Gasteiger partial charge in [0.2, 0.25) is 11.8 Å². The zero-order valence-electron chi connectivity index (χ0n) is 26.3. The van der Waals surface area contributed by atoms with E-state index in [1.54, 1.807) is 17.8 Å². The number of amides is 2. The van der Waals surface area contributed by atoms with Crippen LogP contribution < -0.4 is 0 Å². The van der Waals surface area contributed by atoms with Crippen molar-refractivity contribution in [1.82, 2.24) is 9.80 Å². The third kappa shape index (κ3) is 6.90. The van der Waals surface area contributed by atoms with Crippen LogP contribution in [0, 0.1) is 23.2 Å². The van der Waals surface area contributed by atoms with Gasteiger partial charge in [0.05, 0.1) is 23.2 Å². The smallest absolute Gasteiger partial charge is 0.310 e. The van der Waals surface area contributed by atoms with Gasteiger partial charge < -0.3 is 19.6 Å². The van der Waals surface area contributed by atoms with Gasteiger partial charge in [-0.2, -0.15) is 0 Å². The van der Waals surface area contributed by atoms with Crippen molar-refractivity contribution in [3.63, 3.8) is 0 Å². The molecule has 0 radical (unpaired) electrons. The van der Waals surface area contributed by atoms with E-state index in [1.165, 1.54) is 0 Å². The second kappa shape index (κ2) is 13.7. The molecule has 3 unspecified atom stereocenters. The number of thioether (sulfide) groups is 1. The fourth-order valence-electron chi connectivity index (χ4n) is 7.86. The predicted molar refractivity (Wildman–Crippen MR) is 166 cm³/mol. The standard InChI is InChI=1S/C33H54N2O5S/c1-9-11-16-20-40-30(39)25-24-21-23(3)33(41-24)26(25)28(37)34(18-14-12-13-15-19-36)27(33)29(38)35(17-10-2)32(7,8)22-31(4,5)6/h9-10,23-27,36H,1-2,11-22H2,3-8H3/t23?,24-,25+,26-,27?,33?/m0/s1. The average Bonchev–Trinajstić information content (AvgIpc) is 3.46. The number of rotatable bonds is 16. The largest absolute Gasteiger partial charge is 0.465 e. The second-order valence-electron chi connectivity index (χ2n) is 14.1. The van der Waals surface area contributed by atoms with Crippen LogP contribution in [0.2, 0.25) is 0 Å². The van der Waals surface area contributed by atoms with Gasteiger partial charge in [0.15, 0.2) is 0 Å². The molecule has 3 heterocycles. The van der Waals surface area contributed by atoms with Crippen molar-refractivity contribution < 1.29 is 24.2 Å². The molecule has 3 saturated heterocycles. The number of nitrogens with zero attached hydrogens (tertiary/aromatic N) is 2. The van der Waals surface area contributed by atoms with Gasteiger partial charge in [0.1, 0.15) is 6.04 Å². The van der Waals surface area contributed by atoms with Crippen LogP contribution in [0.5, 0.6) is 0 Å². The van der Waals surface area contributed by atoms with Crippen molar-refractivity contribution in [3.8, 4) is 0 Å². The van der Waals surface area contributed by atoms with Gasteiger partial charge >= 0.3 is 5.97 Å². The number of carbonyl (C=O) groups is 3. The molecule has 3 rings (SSSR count). The van der Waals surface area contributed by atoms with E-state index in [9.17, 15) is 19.5 Å². The topological polar surface area (TPSA) is 87.2 Å². The summed E-state index contributed by atoms with van der Waals surface area (Å²) in [6, 6.07) is -0.638. The van der Waals surface area contributed by atoms with Crippen molar-refractivity contribution in [3.05, 3.63) is 25.3 Å². The molecule has 0 aromatic rings. The molecule has 41 heavy (non-hydrogen) atoms. The molecule has 1 spiro atoms. The zero-order valence-corrected chi connectivity index (χ0v) is 27.1. The minimum atomic E-state index is -0.661. The van der Waals surface area contributed by atoms with E-state index in [4.69, 9.17) is 4.74 Å². The number of aliphatic hydroxyl groups excluding tert-OH is 1. The Hall–Kier alpha value is -1.80. The number of hydrogen-bond donors (Lipinski definition) is 1. The molecule has 232 valence electrons.